The summed E-state index contributed by atoms with van der Waals surface area (Å²) in [7, 11) is 3.85. The summed E-state index contributed by atoms with van der Waals surface area (Å²) in [5.74, 6) is 0.251. The van der Waals surface area contributed by atoms with Crippen LogP contribution in [0.4, 0.5) is 11.5 Å². The number of hydrogen-bond donors (Lipinski definition) is 1. The van der Waals surface area contributed by atoms with Crippen molar-refractivity contribution in [2.45, 2.75) is 18.9 Å². The van der Waals surface area contributed by atoms with Gasteiger partial charge in [-0.2, -0.15) is 5.10 Å². The van der Waals surface area contributed by atoms with Crippen LogP contribution in [0, 0.1) is 0 Å². The Labute approximate surface area is 208 Å². The first-order valence-corrected chi connectivity index (χ1v) is 11.8. The van der Waals surface area contributed by atoms with Gasteiger partial charge in [0.15, 0.2) is 5.65 Å². The Balaban J connectivity index is 1.47. The average Bonchev–Trinajstić information content (AvgIpc) is 3.65. The number of nitrogen functional groups attached to an aromatic ring is 1. The van der Waals surface area contributed by atoms with Crippen LogP contribution in [0.3, 0.4) is 0 Å². The average molecular weight is 488 g/mol. The van der Waals surface area contributed by atoms with Gasteiger partial charge in [-0.3, -0.25) is 9.69 Å². The lowest BCUT2D eigenvalue weighted by molar-refractivity contribution is -0.113. The quantitative estimate of drug-likeness (QED) is 0.390. The molecule has 2 aromatic carbocycles. The third-order valence-corrected chi connectivity index (χ3v) is 6.48. The summed E-state index contributed by atoms with van der Waals surface area (Å²) in [4.78, 5) is 25.3. The van der Waals surface area contributed by atoms with Crippen molar-refractivity contribution in [1.29, 1.82) is 0 Å². The number of halogens is 1. The molecule has 0 atom stereocenters. The van der Waals surface area contributed by atoms with Crippen molar-refractivity contribution < 1.29 is 4.79 Å². The second-order valence-corrected chi connectivity index (χ2v) is 9.15. The Bertz CT molecular complexity index is 1410. The van der Waals surface area contributed by atoms with E-state index in [2.05, 4.69) is 21.9 Å². The molecule has 1 aliphatic carbocycles. The fraction of sp³-hybridized carbons (Fsp3) is 0.231. The van der Waals surface area contributed by atoms with E-state index in [1.165, 1.54) is 19.2 Å². The summed E-state index contributed by atoms with van der Waals surface area (Å²) in [5.41, 5.74) is 9.82. The zero-order valence-electron chi connectivity index (χ0n) is 19.6. The lowest BCUT2D eigenvalue weighted by Gasteiger charge is -2.17. The molecular formula is C26H26ClN7O. The van der Waals surface area contributed by atoms with Gasteiger partial charge in [-0.1, -0.05) is 35.9 Å². The minimum Gasteiger partial charge on any atom is -0.383 e. The van der Waals surface area contributed by atoms with E-state index in [-0.39, 0.29) is 5.91 Å². The van der Waals surface area contributed by atoms with Gasteiger partial charge in [0.25, 0.3) is 0 Å². The van der Waals surface area contributed by atoms with Crippen molar-refractivity contribution in [3.63, 3.8) is 0 Å². The second-order valence-electron chi connectivity index (χ2n) is 8.72. The fourth-order valence-corrected chi connectivity index (χ4v) is 4.15. The van der Waals surface area contributed by atoms with Gasteiger partial charge in [0.2, 0.25) is 5.91 Å². The van der Waals surface area contributed by atoms with Gasteiger partial charge in [0.1, 0.15) is 17.8 Å². The zero-order chi connectivity index (χ0) is 24.5. The largest absolute Gasteiger partial charge is 0.383 e. The molecule has 0 unspecified atom stereocenters. The molecule has 0 bridgehead atoms. The third kappa shape index (κ3) is 4.76. The number of nitrogens with two attached hydrogens (primary N) is 1. The van der Waals surface area contributed by atoms with Crippen molar-refractivity contribution in [2.24, 2.45) is 0 Å². The van der Waals surface area contributed by atoms with Crippen molar-refractivity contribution in [3.8, 4) is 16.9 Å². The molecular weight excluding hydrogens is 462 g/mol. The number of carbonyl (C=O) groups excluding carboxylic acids is 1. The maximum Gasteiger partial charge on any atom is 0.250 e. The van der Waals surface area contributed by atoms with Gasteiger partial charge < -0.3 is 10.6 Å². The maximum absolute atomic E-state index is 12.8. The van der Waals surface area contributed by atoms with E-state index in [0.717, 1.165) is 23.5 Å². The molecule has 9 heteroatoms. The van der Waals surface area contributed by atoms with Crippen LogP contribution in [0.2, 0.25) is 5.02 Å². The SMILES string of the molecule is CN(C(=O)C=CCN(C)C1CC1)c1cccc(-n2nc(-c3ccc(Cl)cc3)c3c(N)ncnc32)c1. The minimum atomic E-state index is -0.0925. The standard InChI is InChI=1S/C26H26ClN7O/c1-32(19-12-13-19)14-4-7-22(35)33(2)20-5-3-6-21(15-20)34-26-23(25(28)29-16-30-26)24(31-34)17-8-10-18(27)11-9-17/h3-11,15-16,19H,12-14H2,1-2H3,(H2,28,29,30). The summed E-state index contributed by atoms with van der Waals surface area (Å²) in [5, 5.41) is 6.12. The summed E-state index contributed by atoms with van der Waals surface area (Å²) in [6.07, 6.45) is 7.44. The van der Waals surface area contributed by atoms with E-state index in [1.54, 1.807) is 34.8 Å². The fourth-order valence-electron chi connectivity index (χ4n) is 4.02. The van der Waals surface area contributed by atoms with E-state index in [0.29, 0.717) is 33.6 Å². The molecule has 1 aliphatic rings. The van der Waals surface area contributed by atoms with Crippen LogP contribution in [0.5, 0.6) is 0 Å². The Morgan fingerprint density at radius 1 is 1.17 bits per heavy atom. The summed E-state index contributed by atoms with van der Waals surface area (Å²) in [6, 6.07) is 15.6. The summed E-state index contributed by atoms with van der Waals surface area (Å²) in [6.45, 7) is 0.762. The molecule has 35 heavy (non-hydrogen) atoms. The molecule has 1 amide bonds. The van der Waals surface area contributed by atoms with Crippen LogP contribution in [0.25, 0.3) is 28.0 Å². The molecule has 2 aromatic heterocycles. The topological polar surface area (TPSA) is 93.2 Å². The van der Waals surface area contributed by atoms with E-state index in [1.807, 2.05) is 42.5 Å². The monoisotopic (exact) mass is 487 g/mol. The van der Waals surface area contributed by atoms with Crippen LogP contribution in [-0.2, 0) is 4.79 Å². The van der Waals surface area contributed by atoms with Crippen molar-refractivity contribution in [3.05, 3.63) is 72.0 Å². The second kappa shape index (κ2) is 9.48. The predicted octanol–water partition coefficient (Wildman–Crippen LogP) is 4.33. The first-order chi connectivity index (χ1) is 16.9. The molecule has 0 aliphatic heterocycles. The highest BCUT2D eigenvalue weighted by Crippen LogP contribution is 2.32. The smallest absolute Gasteiger partial charge is 0.250 e. The number of carbonyl (C=O) groups is 1. The Hall–Kier alpha value is -3.75. The highest BCUT2D eigenvalue weighted by Gasteiger charge is 2.25. The predicted molar refractivity (Wildman–Crippen MR) is 140 cm³/mol. The van der Waals surface area contributed by atoms with Crippen molar-refractivity contribution in [2.75, 3.05) is 31.3 Å². The lowest BCUT2D eigenvalue weighted by Crippen LogP contribution is -2.25. The van der Waals surface area contributed by atoms with Gasteiger partial charge in [-0.25, -0.2) is 14.6 Å². The van der Waals surface area contributed by atoms with E-state index in [4.69, 9.17) is 22.4 Å². The van der Waals surface area contributed by atoms with Crippen LogP contribution in [-0.4, -0.2) is 57.2 Å². The van der Waals surface area contributed by atoms with E-state index >= 15 is 0 Å². The van der Waals surface area contributed by atoms with Crippen LogP contribution in [0.1, 0.15) is 12.8 Å². The van der Waals surface area contributed by atoms with Crippen molar-refractivity contribution in [1.82, 2.24) is 24.6 Å². The van der Waals surface area contributed by atoms with Gasteiger partial charge in [-0.15, -0.1) is 0 Å². The van der Waals surface area contributed by atoms with Gasteiger partial charge in [0.05, 0.1) is 11.1 Å². The molecule has 4 aromatic rings. The number of benzene rings is 2. The number of anilines is 2. The molecule has 1 fully saturated rings. The highest BCUT2D eigenvalue weighted by atomic mass is 35.5. The highest BCUT2D eigenvalue weighted by molar-refractivity contribution is 6.30. The van der Waals surface area contributed by atoms with Gasteiger partial charge in [-0.05, 0) is 50.2 Å². The summed E-state index contributed by atoms with van der Waals surface area (Å²) < 4.78 is 1.72. The van der Waals surface area contributed by atoms with Gasteiger partial charge >= 0.3 is 0 Å². The number of fused-ring (bicyclic) bond motifs is 1. The number of amides is 1. The molecule has 178 valence electrons. The van der Waals surface area contributed by atoms with Crippen LogP contribution < -0.4 is 10.6 Å². The maximum atomic E-state index is 12.8. The normalized spacial score (nSPS) is 13.7. The number of likely N-dealkylation sites (N-methyl/N-ethyl adjacent to an activating group) is 2. The molecule has 5 rings (SSSR count). The molecule has 0 saturated heterocycles. The molecule has 0 spiro atoms. The molecule has 2 heterocycles. The molecule has 8 nitrogen and oxygen atoms in total. The van der Waals surface area contributed by atoms with Crippen LogP contribution >= 0.6 is 11.6 Å². The van der Waals surface area contributed by atoms with Crippen LogP contribution in [0.15, 0.2) is 67.0 Å². The lowest BCUT2D eigenvalue weighted by atomic mass is 10.1. The molecule has 2 N–H and O–H groups in total. The number of hydrogen-bond acceptors (Lipinski definition) is 6. The van der Waals surface area contributed by atoms with Crippen molar-refractivity contribution >= 4 is 40.0 Å². The Morgan fingerprint density at radius 3 is 2.69 bits per heavy atom. The Kier molecular flexibility index (Phi) is 6.23. The number of rotatable bonds is 7. The van der Waals surface area contributed by atoms with E-state index < -0.39 is 0 Å². The van der Waals surface area contributed by atoms with Gasteiger partial charge in [0, 0.05) is 42.0 Å². The molecule has 0 radical (unpaired) electrons. The number of nitrogens with zero attached hydrogens (tertiary/aromatic N) is 6. The first-order valence-electron chi connectivity index (χ1n) is 11.4. The molecule has 1 saturated carbocycles. The Morgan fingerprint density at radius 2 is 1.94 bits per heavy atom. The third-order valence-electron chi connectivity index (χ3n) is 6.23. The minimum absolute atomic E-state index is 0.0925. The van der Waals surface area contributed by atoms with E-state index in [9.17, 15) is 4.79 Å². The number of aromatic nitrogens is 4. The zero-order valence-corrected chi connectivity index (χ0v) is 20.4. The summed E-state index contributed by atoms with van der Waals surface area (Å²) >= 11 is 6.07. The first kappa shape index (κ1) is 23.0.